The molecular weight excluding hydrogens is 398 g/mol. The second-order valence-corrected chi connectivity index (χ2v) is 8.56. The first-order valence-corrected chi connectivity index (χ1v) is 10.9. The lowest BCUT2D eigenvalue weighted by Gasteiger charge is -2.22. The average molecular weight is 422 g/mol. The number of carboxylic acids is 1. The van der Waals surface area contributed by atoms with Crippen LogP contribution >= 0.6 is 11.3 Å². The van der Waals surface area contributed by atoms with Crippen LogP contribution in [0.4, 0.5) is 0 Å². The fourth-order valence-electron chi connectivity index (χ4n) is 4.07. The summed E-state index contributed by atoms with van der Waals surface area (Å²) in [6.45, 7) is 2.56. The SMILES string of the molecule is CCOc1ccc(-c2nc(CC(=O)CC3(C(=O)O)Cc4ccccc4C3)cs2)cc1. The van der Waals surface area contributed by atoms with Crippen molar-refractivity contribution < 1.29 is 19.4 Å². The van der Waals surface area contributed by atoms with Gasteiger partial charge in [-0.25, -0.2) is 4.98 Å². The normalized spacial score (nSPS) is 14.3. The Bertz CT molecular complexity index is 1050. The van der Waals surface area contributed by atoms with Gasteiger partial charge in [0.15, 0.2) is 0 Å². The first-order valence-electron chi connectivity index (χ1n) is 9.98. The first kappa shape index (κ1) is 20.3. The molecule has 1 aliphatic carbocycles. The number of carbonyl (C=O) groups excluding carboxylic acids is 1. The predicted molar refractivity (Wildman–Crippen MR) is 116 cm³/mol. The van der Waals surface area contributed by atoms with Crippen molar-refractivity contribution in [1.29, 1.82) is 0 Å². The summed E-state index contributed by atoms with van der Waals surface area (Å²) in [6.07, 6.45) is 0.976. The summed E-state index contributed by atoms with van der Waals surface area (Å²) < 4.78 is 5.46. The van der Waals surface area contributed by atoms with Crippen molar-refractivity contribution in [3.8, 4) is 16.3 Å². The number of hydrogen-bond donors (Lipinski definition) is 1. The maximum absolute atomic E-state index is 12.8. The number of ether oxygens (including phenoxy) is 1. The molecule has 1 aromatic heterocycles. The van der Waals surface area contributed by atoms with Crippen molar-refractivity contribution in [2.24, 2.45) is 5.41 Å². The van der Waals surface area contributed by atoms with Gasteiger partial charge in [0.05, 0.1) is 17.7 Å². The van der Waals surface area contributed by atoms with Crippen LogP contribution in [0.15, 0.2) is 53.9 Å². The molecule has 0 saturated carbocycles. The standard InChI is InChI=1S/C24H23NO4S/c1-2-29-21-9-7-16(8-10-21)22-25-19(15-30-22)11-20(26)14-24(23(27)28)12-17-5-3-4-6-18(17)13-24/h3-10,15H,2,11-14H2,1H3,(H,27,28). The Morgan fingerprint density at radius 3 is 2.37 bits per heavy atom. The van der Waals surface area contributed by atoms with Crippen LogP contribution in [0.2, 0.25) is 0 Å². The number of Topliss-reactive ketones (excluding diaryl/α,β-unsaturated/α-hetero) is 1. The molecule has 4 rings (SSSR count). The van der Waals surface area contributed by atoms with Crippen molar-refractivity contribution in [3.05, 3.63) is 70.7 Å². The maximum atomic E-state index is 12.8. The van der Waals surface area contributed by atoms with E-state index in [0.717, 1.165) is 27.4 Å². The van der Waals surface area contributed by atoms with Crippen molar-refractivity contribution in [1.82, 2.24) is 4.98 Å². The summed E-state index contributed by atoms with van der Waals surface area (Å²) in [5, 5.41) is 12.6. The molecule has 5 nitrogen and oxygen atoms in total. The molecule has 0 aliphatic heterocycles. The molecule has 0 bridgehead atoms. The molecule has 6 heteroatoms. The van der Waals surface area contributed by atoms with E-state index in [0.29, 0.717) is 25.1 Å². The lowest BCUT2D eigenvalue weighted by Crippen LogP contribution is -2.34. The molecule has 0 unspecified atom stereocenters. The van der Waals surface area contributed by atoms with Crippen molar-refractivity contribution in [3.63, 3.8) is 0 Å². The molecule has 1 aliphatic rings. The third kappa shape index (κ3) is 4.14. The van der Waals surface area contributed by atoms with Crippen molar-refractivity contribution in [2.75, 3.05) is 6.61 Å². The summed E-state index contributed by atoms with van der Waals surface area (Å²) in [5.74, 6) is -0.182. The number of aromatic nitrogens is 1. The van der Waals surface area contributed by atoms with Crippen LogP contribution in [-0.2, 0) is 28.9 Å². The van der Waals surface area contributed by atoms with E-state index in [1.165, 1.54) is 11.3 Å². The number of ketones is 1. The first-order chi connectivity index (χ1) is 14.5. The zero-order chi connectivity index (χ0) is 21.1. The van der Waals surface area contributed by atoms with Gasteiger partial charge in [-0.2, -0.15) is 0 Å². The van der Waals surface area contributed by atoms with Gasteiger partial charge in [-0.05, 0) is 55.2 Å². The third-order valence-corrected chi connectivity index (χ3v) is 6.45. The average Bonchev–Trinajstić information content (AvgIpc) is 3.33. The smallest absolute Gasteiger partial charge is 0.310 e. The Kier molecular flexibility index (Phi) is 5.68. The zero-order valence-electron chi connectivity index (χ0n) is 16.8. The van der Waals surface area contributed by atoms with Crippen LogP contribution in [0.25, 0.3) is 10.6 Å². The van der Waals surface area contributed by atoms with Crippen LogP contribution in [-0.4, -0.2) is 28.4 Å². The highest BCUT2D eigenvalue weighted by atomic mass is 32.1. The van der Waals surface area contributed by atoms with Gasteiger partial charge >= 0.3 is 5.97 Å². The van der Waals surface area contributed by atoms with Crippen LogP contribution in [0, 0.1) is 5.41 Å². The molecule has 0 radical (unpaired) electrons. The van der Waals surface area contributed by atoms with Crippen molar-refractivity contribution >= 4 is 23.1 Å². The van der Waals surface area contributed by atoms with E-state index >= 15 is 0 Å². The predicted octanol–water partition coefficient (Wildman–Crippen LogP) is 4.58. The Labute approximate surface area is 179 Å². The van der Waals surface area contributed by atoms with Crippen LogP contribution in [0.1, 0.15) is 30.2 Å². The Balaban J connectivity index is 1.44. The molecule has 0 amide bonds. The highest BCUT2D eigenvalue weighted by molar-refractivity contribution is 7.13. The van der Waals surface area contributed by atoms with E-state index in [4.69, 9.17) is 4.74 Å². The molecule has 0 atom stereocenters. The molecule has 0 spiro atoms. The molecule has 1 N–H and O–H groups in total. The van der Waals surface area contributed by atoms with E-state index in [9.17, 15) is 14.7 Å². The molecule has 154 valence electrons. The minimum atomic E-state index is -1.05. The third-order valence-electron chi connectivity index (χ3n) is 5.51. The summed E-state index contributed by atoms with van der Waals surface area (Å²) in [5.41, 5.74) is 2.66. The summed E-state index contributed by atoms with van der Waals surface area (Å²) >= 11 is 1.48. The largest absolute Gasteiger partial charge is 0.494 e. The number of carbonyl (C=O) groups is 2. The molecule has 0 saturated heterocycles. The quantitative estimate of drug-likeness (QED) is 0.576. The molecule has 2 aromatic carbocycles. The summed E-state index contributed by atoms with van der Waals surface area (Å²) in [6, 6.07) is 15.4. The Hall–Kier alpha value is -2.99. The molecule has 3 aromatic rings. The Morgan fingerprint density at radius 1 is 1.10 bits per heavy atom. The zero-order valence-corrected chi connectivity index (χ0v) is 17.6. The minimum absolute atomic E-state index is 0.0208. The van der Waals surface area contributed by atoms with Gasteiger partial charge in [0.1, 0.15) is 16.5 Å². The summed E-state index contributed by atoms with van der Waals surface area (Å²) in [4.78, 5) is 29.4. The molecule has 1 heterocycles. The number of hydrogen-bond acceptors (Lipinski definition) is 5. The molecule has 30 heavy (non-hydrogen) atoms. The van der Waals surface area contributed by atoms with Gasteiger partial charge in [-0.3, -0.25) is 9.59 Å². The molecular formula is C24H23NO4S. The van der Waals surface area contributed by atoms with E-state index < -0.39 is 11.4 Å². The number of benzene rings is 2. The monoisotopic (exact) mass is 421 g/mol. The van der Waals surface area contributed by atoms with Gasteiger partial charge in [-0.15, -0.1) is 11.3 Å². The number of thiazole rings is 1. The van der Waals surface area contributed by atoms with E-state index in [1.807, 2.05) is 60.8 Å². The number of rotatable bonds is 8. The lowest BCUT2D eigenvalue weighted by molar-refractivity contribution is -0.151. The Morgan fingerprint density at radius 2 is 1.77 bits per heavy atom. The van der Waals surface area contributed by atoms with Crippen molar-refractivity contribution in [2.45, 2.75) is 32.6 Å². The van der Waals surface area contributed by atoms with E-state index in [2.05, 4.69) is 4.98 Å². The molecule has 0 fully saturated rings. The van der Waals surface area contributed by atoms with E-state index in [-0.39, 0.29) is 18.6 Å². The highest BCUT2D eigenvalue weighted by Gasteiger charge is 2.45. The number of fused-ring (bicyclic) bond motifs is 1. The second kappa shape index (κ2) is 8.40. The number of carboxylic acid groups (broad SMARTS) is 1. The van der Waals surface area contributed by atoms with Crippen LogP contribution in [0.5, 0.6) is 5.75 Å². The van der Waals surface area contributed by atoms with E-state index in [1.54, 1.807) is 0 Å². The second-order valence-electron chi connectivity index (χ2n) is 7.70. The lowest BCUT2D eigenvalue weighted by atomic mass is 9.79. The van der Waals surface area contributed by atoms with Gasteiger partial charge in [0, 0.05) is 23.8 Å². The fourth-order valence-corrected chi connectivity index (χ4v) is 4.89. The fraction of sp³-hybridized carbons (Fsp3) is 0.292. The summed E-state index contributed by atoms with van der Waals surface area (Å²) in [7, 11) is 0. The topological polar surface area (TPSA) is 76.5 Å². The highest BCUT2D eigenvalue weighted by Crippen LogP contribution is 2.40. The van der Waals surface area contributed by atoms with Gasteiger partial charge in [0.2, 0.25) is 0 Å². The van der Waals surface area contributed by atoms with Gasteiger partial charge in [-0.1, -0.05) is 24.3 Å². The number of aliphatic carboxylic acids is 1. The minimum Gasteiger partial charge on any atom is -0.494 e. The van der Waals surface area contributed by atoms with Gasteiger partial charge < -0.3 is 9.84 Å². The maximum Gasteiger partial charge on any atom is 0.310 e. The van der Waals surface area contributed by atoms with Gasteiger partial charge in [0.25, 0.3) is 0 Å². The van der Waals surface area contributed by atoms with Crippen LogP contribution < -0.4 is 4.74 Å². The van der Waals surface area contributed by atoms with Crippen LogP contribution in [0.3, 0.4) is 0 Å². The number of nitrogens with zero attached hydrogens (tertiary/aromatic N) is 1.